The van der Waals surface area contributed by atoms with E-state index in [0.717, 1.165) is 11.1 Å². The van der Waals surface area contributed by atoms with Gasteiger partial charge in [0.2, 0.25) is 0 Å². The van der Waals surface area contributed by atoms with Crippen LogP contribution >= 0.6 is 0 Å². The summed E-state index contributed by atoms with van der Waals surface area (Å²) in [7, 11) is 0. The molecule has 4 heteroatoms. The van der Waals surface area contributed by atoms with E-state index in [-0.39, 0.29) is 11.6 Å². The molecule has 1 unspecified atom stereocenters. The first-order valence-corrected chi connectivity index (χ1v) is 5.97. The number of nitrogens with zero attached hydrogens (tertiary/aromatic N) is 1. The molecule has 0 aliphatic heterocycles. The van der Waals surface area contributed by atoms with Gasteiger partial charge in [0.05, 0.1) is 12.0 Å². The number of nitriles is 1. The van der Waals surface area contributed by atoms with Crippen molar-refractivity contribution in [3.8, 4) is 6.07 Å². The summed E-state index contributed by atoms with van der Waals surface area (Å²) in [6.07, 6.45) is 0.584. The van der Waals surface area contributed by atoms with E-state index < -0.39 is 5.23 Å². The van der Waals surface area contributed by atoms with Crippen LogP contribution in [-0.4, -0.2) is 5.21 Å². The molecule has 2 rings (SSSR count). The van der Waals surface area contributed by atoms with Crippen LogP contribution in [0.15, 0.2) is 54.6 Å². The molecule has 2 atom stereocenters. The van der Waals surface area contributed by atoms with Gasteiger partial charge in [0.1, 0.15) is 0 Å². The van der Waals surface area contributed by atoms with Crippen LogP contribution in [0.2, 0.25) is 0 Å². The van der Waals surface area contributed by atoms with Crippen molar-refractivity contribution in [1.29, 1.82) is 5.26 Å². The molecule has 19 heavy (non-hydrogen) atoms. The van der Waals surface area contributed by atoms with Gasteiger partial charge in [0.25, 0.3) is 0 Å². The fourth-order valence-electron chi connectivity index (χ4n) is 1.94. The Morgan fingerprint density at radius 2 is 1.74 bits per heavy atom. The number of nitrogens with one attached hydrogen (secondary N) is 1. The molecule has 0 heterocycles. The van der Waals surface area contributed by atoms with Crippen LogP contribution < -0.4 is 5.23 Å². The second-order valence-corrected chi connectivity index (χ2v) is 4.30. The maximum atomic E-state index is 10.8. The topological polar surface area (TPSA) is 71.5 Å². The summed E-state index contributed by atoms with van der Waals surface area (Å²) in [6, 6.07) is 18.5. The van der Waals surface area contributed by atoms with Gasteiger partial charge in [0, 0.05) is 12.1 Å². The smallest absolute Gasteiger partial charge is 0.163 e. The van der Waals surface area contributed by atoms with E-state index >= 15 is 0 Å². The minimum atomic E-state index is -0.938. The van der Waals surface area contributed by atoms with Gasteiger partial charge in [-0.3, -0.25) is 0 Å². The third kappa shape index (κ3) is 3.39. The number of rotatable bonds is 4. The van der Waals surface area contributed by atoms with Crippen LogP contribution in [0.4, 0.5) is 5.69 Å². The first-order chi connectivity index (χ1) is 9.20. The molecule has 0 aliphatic carbocycles. The predicted octanol–water partition coefficient (Wildman–Crippen LogP) is 1.94. The van der Waals surface area contributed by atoms with Gasteiger partial charge >= 0.3 is 0 Å². The third-order valence-electron chi connectivity index (χ3n) is 3.00. The molecule has 0 aromatic heterocycles. The highest BCUT2D eigenvalue weighted by Gasteiger charge is 2.11. The Kier molecular flexibility index (Phi) is 4.26. The van der Waals surface area contributed by atoms with Gasteiger partial charge in [-0.05, 0) is 17.5 Å². The highest BCUT2D eigenvalue weighted by atomic mass is 16.8. The van der Waals surface area contributed by atoms with Gasteiger partial charge in [-0.2, -0.15) is 10.5 Å². The molecule has 96 valence electrons. The monoisotopic (exact) mass is 254 g/mol. The molecule has 0 amide bonds. The van der Waals surface area contributed by atoms with Crippen molar-refractivity contribution >= 4 is 5.69 Å². The average molecular weight is 254 g/mol. The summed E-state index contributed by atoms with van der Waals surface area (Å²) in [4.78, 5) is 0. The Bertz CT molecular complexity index is 559. The molecule has 0 saturated heterocycles. The molecule has 0 spiro atoms. The van der Waals surface area contributed by atoms with Crippen molar-refractivity contribution in [2.45, 2.75) is 12.3 Å². The quantitative estimate of drug-likeness (QED) is 0.819. The zero-order chi connectivity index (χ0) is 13.7. The molecular formula is C15H14N2O2. The van der Waals surface area contributed by atoms with Crippen LogP contribution in [0, 0.1) is 16.5 Å². The number of quaternary nitrogens is 1. The second-order valence-electron chi connectivity index (χ2n) is 4.30. The van der Waals surface area contributed by atoms with Crippen molar-refractivity contribution in [3.63, 3.8) is 0 Å². The SMILES string of the molecule is N#C[C@@H](Cc1ccc([NH+]([O-])O)cc1)c1ccccc1. The van der Waals surface area contributed by atoms with Crippen LogP contribution in [0.25, 0.3) is 0 Å². The summed E-state index contributed by atoms with van der Waals surface area (Å²) in [5.74, 6) is -0.211. The first-order valence-electron chi connectivity index (χ1n) is 5.97. The van der Waals surface area contributed by atoms with Crippen molar-refractivity contribution in [2.24, 2.45) is 0 Å². The Hall–Kier alpha value is -2.19. The maximum absolute atomic E-state index is 10.8. The number of benzene rings is 2. The van der Waals surface area contributed by atoms with Gasteiger partial charge in [-0.25, -0.2) is 5.21 Å². The molecule has 0 saturated carbocycles. The zero-order valence-electron chi connectivity index (χ0n) is 10.3. The van der Waals surface area contributed by atoms with Gasteiger partial charge < -0.3 is 5.21 Å². The van der Waals surface area contributed by atoms with E-state index in [0.29, 0.717) is 6.42 Å². The minimum Gasteiger partial charge on any atom is -0.595 e. The van der Waals surface area contributed by atoms with E-state index in [9.17, 15) is 10.5 Å². The molecule has 0 bridgehead atoms. The van der Waals surface area contributed by atoms with Crippen LogP contribution in [0.5, 0.6) is 0 Å². The Morgan fingerprint density at radius 3 is 2.26 bits per heavy atom. The highest BCUT2D eigenvalue weighted by molar-refractivity contribution is 5.35. The van der Waals surface area contributed by atoms with E-state index in [2.05, 4.69) is 6.07 Å². The van der Waals surface area contributed by atoms with Gasteiger partial charge in [-0.1, -0.05) is 42.5 Å². The van der Waals surface area contributed by atoms with Gasteiger partial charge in [0.15, 0.2) is 5.69 Å². The van der Waals surface area contributed by atoms with E-state index in [1.54, 1.807) is 24.3 Å². The van der Waals surface area contributed by atoms with E-state index in [1.165, 1.54) is 0 Å². The molecule has 2 aromatic rings. The molecular weight excluding hydrogens is 240 g/mol. The minimum absolute atomic E-state index is 0.211. The van der Waals surface area contributed by atoms with E-state index in [1.807, 2.05) is 30.3 Å². The fourth-order valence-corrected chi connectivity index (χ4v) is 1.94. The van der Waals surface area contributed by atoms with E-state index in [4.69, 9.17) is 5.21 Å². The lowest BCUT2D eigenvalue weighted by molar-refractivity contribution is -0.991. The maximum Gasteiger partial charge on any atom is 0.163 e. The highest BCUT2D eigenvalue weighted by Crippen LogP contribution is 2.20. The summed E-state index contributed by atoms with van der Waals surface area (Å²) >= 11 is 0. The summed E-state index contributed by atoms with van der Waals surface area (Å²) in [5.41, 5.74) is 2.20. The predicted molar refractivity (Wildman–Crippen MR) is 70.7 cm³/mol. The normalized spacial score (nSPS) is 13.5. The Morgan fingerprint density at radius 1 is 1.11 bits per heavy atom. The van der Waals surface area contributed by atoms with Crippen molar-refractivity contribution in [1.82, 2.24) is 0 Å². The third-order valence-corrected chi connectivity index (χ3v) is 3.00. The second kappa shape index (κ2) is 6.12. The lowest BCUT2D eigenvalue weighted by Gasteiger charge is -2.13. The Labute approximate surface area is 111 Å². The molecule has 4 nitrogen and oxygen atoms in total. The standard InChI is InChI=1S/C15H14N2O2/c16-11-14(13-4-2-1-3-5-13)10-12-6-8-15(9-7-12)17(18)19/h1-9,14,17-18H,10H2/t14-/m1/s1. The number of hydrogen-bond acceptors (Lipinski definition) is 3. The van der Waals surface area contributed by atoms with Crippen molar-refractivity contribution in [3.05, 3.63) is 70.9 Å². The lowest BCUT2D eigenvalue weighted by atomic mass is 9.93. The number of hydrogen-bond donors (Lipinski definition) is 2. The summed E-state index contributed by atoms with van der Waals surface area (Å²) < 4.78 is 0. The first kappa shape index (κ1) is 13.2. The average Bonchev–Trinajstić information content (AvgIpc) is 2.46. The van der Waals surface area contributed by atoms with Crippen LogP contribution in [0.1, 0.15) is 17.0 Å². The van der Waals surface area contributed by atoms with Crippen molar-refractivity contribution < 1.29 is 10.4 Å². The van der Waals surface area contributed by atoms with Crippen LogP contribution in [-0.2, 0) is 6.42 Å². The Balaban J connectivity index is 2.13. The van der Waals surface area contributed by atoms with Crippen LogP contribution in [0.3, 0.4) is 0 Å². The molecule has 0 radical (unpaired) electrons. The summed E-state index contributed by atoms with van der Waals surface area (Å²) in [6.45, 7) is 0. The zero-order valence-corrected chi connectivity index (χ0v) is 10.3. The molecule has 0 aliphatic rings. The fraction of sp³-hybridized carbons (Fsp3) is 0.133. The summed E-state index contributed by atoms with van der Waals surface area (Å²) in [5, 5.41) is 27.9. The lowest BCUT2D eigenvalue weighted by Crippen LogP contribution is -2.99. The molecule has 2 aromatic carbocycles. The largest absolute Gasteiger partial charge is 0.595 e. The molecule has 2 N–H and O–H groups in total. The van der Waals surface area contributed by atoms with Gasteiger partial charge in [-0.15, -0.1) is 0 Å². The van der Waals surface area contributed by atoms with Crippen molar-refractivity contribution in [2.75, 3.05) is 0 Å². The molecule has 0 fully saturated rings.